The van der Waals surface area contributed by atoms with E-state index in [4.69, 9.17) is 11.6 Å². The van der Waals surface area contributed by atoms with Crippen LogP contribution in [-0.2, 0) is 4.79 Å². The molecule has 2 heterocycles. The second kappa shape index (κ2) is 6.10. The molecule has 3 rings (SSSR count). The van der Waals surface area contributed by atoms with E-state index in [1.807, 2.05) is 23.6 Å². The normalized spacial score (nSPS) is 17.8. The zero-order valence-corrected chi connectivity index (χ0v) is 13.6. The number of anilines is 1. The summed E-state index contributed by atoms with van der Waals surface area (Å²) < 4.78 is 0. The Morgan fingerprint density at radius 2 is 2.14 bits per heavy atom. The molecule has 1 aliphatic heterocycles. The lowest BCUT2D eigenvalue weighted by Gasteiger charge is -2.24. The van der Waals surface area contributed by atoms with Crippen LogP contribution >= 0.6 is 22.9 Å². The molecule has 1 aromatic heterocycles. The van der Waals surface area contributed by atoms with Gasteiger partial charge in [0.25, 0.3) is 5.91 Å². The fourth-order valence-corrected chi connectivity index (χ4v) is 3.53. The van der Waals surface area contributed by atoms with Gasteiger partial charge in [0.2, 0.25) is 5.91 Å². The molecule has 0 aliphatic carbocycles. The number of hydrogen-bond donors (Lipinski definition) is 0. The minimum absolute atomic E-state index is 0.0841. The van der Waals surface area contributed by atoms with Crippen molar-refractivity contribution in [3.63, 3.8) is 0 Å². The maximum atomic E-state index is 12.6. The van der Waals surface area contributed by atoms with Crippen LogP contribution in [0.4, 0.5) is 5.69 Å². The minimum atomic E-state index is -0.441. The van der Waals surface area contributed by atoms with Crippen molar-refractivity contribution in [3.05, 3.63) is 51.7 Å². The topological polar surface area (TPSA) is 40.6 Å². The number of amides is 2. The zero-order valence-electron chi connectivity index (χ0n) is 12.0. The summed E-state index contributed by atoms with van der Waals surface area (Å²) in [7, 11) is 1.68. The van der Waals surface area contributed by atoms with Gasteiger partial charge in [0.05, 0.1) is 16.3 Å². The molecule has 1 aliphatic rings. The van der Waals surface area contributed by atoms with Crippen LogP contribution in [0.1, 0.15) is 16.8 Å². The number of para-hydroxylation sites is 1. The van der Waals surface area contributed by atoms with Gasteiger partial charge in [-0.1, -0.05) is 23.7 Å². The molecule has 2 aromatic rings. The maximum Gasteiger partial charge on any atom is 0.255 e. The average Bonchev–Trinajstić information content (AvgIpc) is 3.16. The molecule has 22 heavy (non-hydrogen) atoms. The summed E-state index contributed by atoms with van der Waals surface area (Å²) in [5.41, 5.74) is 1.32. The van der Waals surface area contributed by atoms with Crippen molar-refractivity contribution in [2.24, 2.45) is 0 Å². The molecule has 1 saturated heterocycles. The summed E-state index contributed by atoms with van der Waals surface area (Å²) in [6, 6.07) is 8.59. The van der Waals surface area contributed by atoms with E-state index in [9.17, 15) is 9.59 Å². The molecule has 1 fully saturated rings. The number of hydrogen-bond acceptors (Lipinski definition) is 3. The third-order valence-corrected chi connectivity index (χ3v) is 4.88. The number of carbonyl (C=O) groups is 2. The first-order valence-corrected chi connectivity index (χ1v) is 8.27. The molecule has 0 saturated carbocycles. The molecule has 1 aromatic carbocycles. The Morgan fingerprint density at radius 1 is 1.36 bits per heavy atom. The number of likely N-dealkylation sites (N-methyl/N-ethyl adjacent to an activating group) is 1. The van der Waals surface area contributed by atoms with Crippen molar-refractivity contribution >= 4 is 40.4 Å². The van der Waals surface area contributed by atoms with Gasteiger partial charge in [-0.25, -0.2) is 0 Å². The van der Waals surface area contributed by atoms with Gasteiger partial charge in [0.1, 0.15) is 6.04 Å². The van der Waals surface area contributed by atoms with Crippen LogP contribution in [-0.4, -0.2) is 36.3 Å². The lowest BCUT2D eigenvalue weighted by molar-refractivity contribution is -0.120. The van der Waals surface area contributed by atoms with Crippen molar-refractivity contribution < 1.29 is 9.59 Å². The van der Waals surface area contributed by atoms with Crippen molar-refractivity contribution in [2.75, 3.05) is 18.5 Å². The van der Waals surface area contributed by atoms with Gasteiger partial charge in [-0.3, -0.25) is 9.59 Å². The second-order valence-corrected chi connectivity index (χ2v) is 6.36. The van der Waals surface area contributed by atoms with Crippen LogP contribution in [0.3, 0.4) is 0 Å². The van der Waals surface area contributed by atoms with Crippen molar-refractivity contribution in [1.29, 1.82) is 0 Å². The van der Waals surface area contributed by atoms with Crippen LogP contribution in [0, 0.1) is 0 Å². The van der Waals surface area contributed by atoms with E-state index in [0.717, 1.165) is 0 Å². The lowest BCUT2D eigenvalue weighted by atomic mass is 10.2. The third kappa shape index (κ3) is 2.62. The molecular weight excluding hydrogens is 320 g/mol. The average molecular weight is 335 g/mol. The molecule has 0 radical (unpaired) electrons. The summed E-state index contributed by atoms with van der Waals surface area (Å²) >= 11 is 7.64. The van der Waals surface area contributed by atoms with Gasteiger partial charge in [-0.15, -0.1) is 0 Å². The van der Waals surface area contributed by atoms with Crippen LogP contribution in [0.5, 0.6) is 0 Å². The van der Waals surface area contributed by atoms with Crippen LogP contribution < -0.4 is 4.90 Å². The van der Waals surface area contributed by atoms with E-state index in [-0.39, 0.29) is 11.8 Å². The van der Waals surface area contributed by atoms with E-state index >= 15 is 0 Å². The number of nitrogens with zero attached hydrogens (tertiary/aromatic N) is 2. The highest BCUT2D eigenvalue weighted by atomic mass is 35.5. The van der Waals surface area contributed by atoms with Crippen LogP contribution in [0.2, 0.25) is 5.02 Å². The molecule has 1 unspecified atom stereocenters. The molecule has 2 amide bonds. The summed E-state index contributed by atoms with van der Waals surface area (Å²) in [5, 5.41) is 4.20. The number of thiophene rings is 1. The highest BCUT2D eigenvalue weighted by molar-refractivity contribution is 7.08. The first kappa shape index (κ1) is 15.1. The number of carbonyl (C=O) groups excluding carboxylic acids is 2. The van der Waals surface area contributed by atoms with E-state index in [1.165, 1.54) is 16.2 Å². The highest BCUT2D eigenvalue weighted by Gasteiger charge is 2.38. The maximum absolute atomic E-state index is 12.6. The van der Waals surface area contributed by atoms with Crippen molar-refractivity contribution in [3.8, 4) is 0 Å². The molecule has 4 nitrogen and oxygen atoms in total. The summed E-state index contributed by atoms with van der Waals surface area (Å²) in [5.74, 6) is -0.209. The first-order chi connectivity index (χ1) is 10.6. The lowest BCUT2D eigenvalue weighted by Crippen LogP contribution is -2.42. The van der Waals surface area contributed by atoms with Crippen LogP contribution in [0.15, 0.2) is 41.1 Å². The Morgan fingerprint density at radius 3 is 2.82 bits per heavy atom. The Kier molecular flexibility index (Phi) is 4.18. The summed E-state index contributed by atoms with van der Waals surface area (Å²) in [6.45, 7) is 0.564. The second-order valence-electron chi connectivity index (χ2n) is 5.17. The molecule has 0 N–H and O–H groups in total. The smallest absolute Gasteiger partial charge is 0.255 e. The van der Waals surface area contributed by atoms with E-state index in [2.05, 4.69) is 0 Å². The standard InChI is InChI=1S/C16H15ClN2O2S/c1-18(15(20)11-7-9-22-10-11)14-6-8-19(16(14)21)13-5-3-2-4-12(13)17/h2-5,7,9-10,14H,6,8H2,1H3. The predicted molar refractivity (Wildman–Crippen MR) is 88.6 cm³/mol. The van der Waals surface area contributed by atoms with E-state index in [0.29, 0.717) is 29.2 Å². The Bertz CT molecular complexity index is 702. The number of rotatable bonds is 3. The van der Waals surface area contributed by atoms with Gasteiger partial charge < -0.3 is 9.80 Å². The van der Waals surface area contributed by atoms with Crippen LogP contribution in [0.25, 0.3) is 0 Å². The van der Waals surface area contributed by atoms with Gasteiger partial charge in [0, 0.05) is 19.0 Å². The van der Waals surface area contributed by atoms with Crippen molar-refractivity contribution in [2.45, 2.75) is 12.5 Å². The minimum Gasteiger partial charge on any atom is -0.330 e. The van der Waals surface area contributed by atoms with E-state index in [1.54, 1.807) is 29.5 Å². The van der Waals surface area contributed by atoms with Crippen molar-refractivity contribution in [1.82, 2.24) is 4.90 Å². The molecule has 0 bridgehead atoms. The first-order valence-electron chi connectivity index (χ1n) is 6.95. The molecule has 6 heteroatoms. The molecule has 0 spiro atoms. The number of benzene rings is 1. The Balaban J connectivity index is 1.79. The van der Waals surface area contributed by atoms with Gasteiger partial charge in [-0.05, 0) is 30.0 Å². The van der Waals surface area contributed by atoms with Gasteiger partial charge >= 0.3 is 0 Å². The van der Waals surface area contributed by atoms with Gasteiger partial charge in [-0.2, -0.15) is 11.3 Å². The zero-order chi connectivity index (χ0) is 15.7. The third-order valence-electron chi connectivity index (χ3n) is 3.88. The predicted octanol–water partition coefficient (Wildman–Crippen LogP) is 3.28. The van der Waals surface area contributed by atoms with E-state index < -0.39 is 6.04 Å². The monoisotopic (exact) mass is 334 g/mol. The quantitative estimate of drug-likeness (QED) is 0.864. The largest absolute Gasteiger partial charge is 0.330 e. The molecule has 1 atom stereocenters. The summed E-state index contributed by atoms with van der Waals surface area (Å²) in [6.07, 6.45) is 0.608. The highest BCUT2D eigenvalue weighted by Crippen LogP contribution is 2.30. The number of halogens is 1. The summed E-state index contributed by atoms with van der Waals surface area (Å²) in [4.78, 5) is 28.2. The van der Waals surface area contributed by atoms with Gasteiger partial charge in [0.15, 0.2) is 0 Å². The fraction of sp³-hybridized carbons (Fsp3) is 0.250. The Hall–Kier alpha value is -1.85. The SMILES string of the molecule is CN(C(=O)c1ccsc1)C1CCN(c2ccccc2Cl)C1=O. The molecule has 114 valence electrons. The molecular formula is C16H15ClN2O2S. The fourth-order valence-electron chi connectivity index (χ4n) is 2.67. The Labute approximate surface area is 137 Å².